The number of aryl methyl sites for hydroxylation is 2. The van der Waals surface area contributed by atoms with E-state index in [0.29, 0.717) is 12.0 Å². The molecule has 0 aliphatic heterocycles. The molecule has 0 saturated carbocycles. The molecule has 0 bridgehead atoms. The van der Waals surface area contributed by atoms with Crippen molar-refractivity contribution < 1.29 is 0 Å². The summed E-state index contributed by atoms with van der Waals surface area (Å²) in [5.41, 5.74) is 2.23. The summed E-state index contributed by atoms with van der Waals surface area (Å²) >= 11 is 6.42. The van der Waals surface area contributed by atoms with Crippen LogP contribution in [0, 0.1) is 5.92 Å². The Hall–Kier alpha value is -0.540. The van der Waals surface area contributed by atoms with Crippen molar-refractivity contribution in [3.63, 3.8) is 0 Å². The monoisotopic (exact) mass is 271 g/mol. The Balaban J connectivity index is 2.79. The molecule has 0 fully saturated rings. The van der Waals surface area contributed by atoms with E-state index in [1.54, 1.807) is 0 Å². The molecule has 1 aromatic heterocycles. The van der Waals surface area contributed by atoms with Crippen molar-refractivity contribution >= 4 is 11.6 Å². The molecule has 0 aliphatic carbocycles. The molecule has 1 rings (SSSR count). The molecule has 104 valence electrons. The van der Waals surface area contributed by atoms with Crippen molar-refractivity contribution in [1.82, 2.24) is 15.1 Å². The second-order valence-corrected chi connectivity index (χ2v) is 5.49. The largest absolute Gasteiger partial charge is 0.317 e. The van der Waals surface area contributed by atoms with Gasteiger partial charge >= 0.3 is 0 Å². The predicted octanol–water partition coefficient (Wildman–Crippen LogP) is 3.30. The zero-order valence-corrected chi connectivity index (χ0v) is 13.0. The molecule has 0 radical (unpaired) electrons. The van der Waals surface area contributed by atoms with E-state index in [1.807, 2.05) is 7.05 Å². The van der Waals surface area contributed by atoms with Gasteiger partial charge in [0.25, 0.3) is 0 Å². The number of hydrogen-bond donors (Lipinski definition) is 1. The van der Waals surface area contributed by atoms with E-state index in [0.717, 1.165) is 36.5 Å². The summed E-state index contributed by atoms with van der Waals surface area (Å²) in [6.45, 7) is 9.61. The molecule has 3 nitrogen and oxygen atoms in total. The number of hydrogen-bond acceptors (Lipinski definition) is 2. The minimum absolute atomic E-state index is 0.544. The van der Waals surface area contributed by atoms with Crippen molar-refractivity contribution in [2.75, 3.05) is 7.05 Å². The van der Waals surface area contributed by atoms with Crippen LogP contribution in [0.15, 0.2) is 0 Å². The standard InChI is InChI=1S/C14H26ClN3/c1-6-12-14(15)13(18(7-2)17-12)9-10(3)8-11(4)16-5/h10-11,16H,6-9H2,1-5H3. The van der Waals surface area contributed by atoms with Gasteiger partial charge in [-0.3, -0.25) is 4.68 Å². The summed E-state index contributed by atoms with van der Waals surface area (Å²) in [5.74, 6) is 0.608. The van der Waals surface area contributed by atoms with Gasteiger partial charge in [-0.25, -0.2) is 0 Å². The Kier molecular flexibility index (Phi) is 6.16. The lowest BCUT2D eigenvalue weighted by atomic mass is 9.97. The van der Waals surface area contributed by atoms with Gasteiger partial charge in [-0.1, -0.05) is 25.4 Å². The summed E-state index contributed by atoms with van der Waals surface area (Å²) in [6, 6.07) is 0.544. The van der Waals surface area contributed by atoms with Crippen LogP contribution >= 0.6 is 11.6 Å². The fraction of sp³-hybridized carbons (Fsp3) is 0.786. The van der Waals surface area contributed by atoms with Crippen LogP contribution in [0.3, 0.4) is 0 Å². The maximum absolute atomic E-state index is 6.42. The molecule has 0 amide bonds. The highest BCUT2D eigenvalue weighted by molar-refractivity contribution is 6.31. The van der Waals surface area contributed by atoms with Crippen LogP contribution in [-0.4, -0.2) is 22.9 Å². The minimum Gasteiger partial charge on any atom is -0.317 e. The van der Waals surface area contributed by atoms with E-state index < -0.39 is 0 Å². The highest BCUT2D eigenvalue weighted by atomic mass is 35.5. The first-order chi connectivity index (χ1) is 8.53. The van der Waals surface area contributed by atoms with Gasteiger partial charge in [0.2, 0.25) is 0 Å². The Morgan fingerprint density at radius 2 is 2.00 bits per heavy atom. The zero-order chi connectivity index (χ0) is 13.7. The lowest BCUT2D eigenvalue weighted by molar-refractivity contribution is 0.428. The molecule has 2 unspecified atom stereocenters. The van der Waals surface area contributed by atoms with Crippen molar-refractivity contribution in [2.24, 2.45) is 5.92 Å². The third-order valence-corrected chi connectivity index (χ3v) is 3.92. The SMILES string of the molecule is CCc1nn(CC)c(CC(C)CC(C)NC)c1Cl. The van der Waals surface area contributed by atoms with Crippen molar-refractivity contribution in [3.05, 3.63) is 16.4 Å². The lowest BCUT2D eigenvalue weighted by Crippen LogP contribution is -2.24. The molecule has 0 aliphatic rings. The van der Waals surface area contributed by atoms with Crippen LogP contribution in [0.25, 0.3) is 0 Å². The molecule has 0 spiro atoms. The summed E-state index contributed by atoms with van der Waals surface area (Å²) < 4.78 is 2.06. The van der Waals surface area contributed by atoms with Gasteiger partial charge in [0, 0.05) is 12.6 Å². The van der Waals surface area contributed by atoms with Crippen LogP contribution in [0.4, 0.5) is 0 Å². The highest BCUT2D eigenvalue weighted by Gasteiger charge is 2.17. The molecule has 2 atom stereocenters. The number of nitrogens with one attached hydrogen (secondary N) is 1. The van der Waals surface area contributed by atoms with Crippen molar-refractivity contribution in [2.45, 2.75) is 59.5 Å². The molecule has 4 heteroatoms. The molecule has 0 saturated heterocycles. The van der Waals surface area contributed by atoms with Crippen LogP contribution in [0.1, 0.15) is 45.5 Å². The third kappa shape index (κ3) is 3.72. The van der Waals surface area contributed by atoms with Crippen molar-refractivity contribution in [1.29, 1.82) is 0 Å². The second-order valence-electron chi connectivity index (χ2n) is 5.11. The first-order valence-corrected chi connectivity index (χ1v) is 7.32. The molecule has 1 heterocycles. The fourth-order valence-electron chi connectivity index (χ4n) is 2.35. The maximum atomic E-state index is 6.42. The number of aromatic nitrogens is 2. The Bertz CT molecular complexity index is 373. The summed E-state index contributed by atoms with van der Waals surface area (Å²) in [7, 11) is 2.01. The summed E-state index contributed by atoms with van der Waals surface area (Å²) in [4.78, 5) is 0. The topological polar surface area (TPSA) is 29.9 Å². The van der Waals surface area contributed by atoms with E-state index in [1.165, 1.54) is 5.69 Å². The first kappa shape index (κ1) is 15.5. The van der Waals surface area contributed by atoms with Crippen LogP contribution in [-0.2, 0) is 19.4 Å². The van der Waals surface area contributed by atoms with Gasteiger partial charge in [-0.2, -0.15) is 5.10 Å². The number of halogens is 1. The van der Waals surface area contributed by atoms with Gasteiger partial charge in [0.05, 0.1) is 16.4 Å². The molecule has 1 aromatic rings. The van der Waals surface area contributed by atoms with Gasteiger partial charge in [-0.15, -0.1) is 0 Å². The Labute approximate surface area is 116 Å². The van der Waals surface area contributed by atoms with Gasteiger partial charge in [-0.05, 0) is 46.1 Å². The van der Waals surface area contributed by atoms with Crippen LogP contribution < -0.4 is 5.32 Å². The normalized spacial score (nSPS) is 14.8. The van der Waals surface area contributed by atoms with E-state index in [-0.39, 0.29) is 0 Å². The molecule has 0 aromatic carbocycles. The molecular formula is C14H26ClN3. The smallest absolute Gasteiger partial charge is 0.0849 e. The van der Waals surface area contributed by atoms with E-state index >= 15 is 0 Å². The van der Waals surface area contributed by atoms with Gasteiger partial charge in [0.1, 0.15) is 0 Å². The molecular weight excluding hydrogens is 246 g/mol. The lowest BCUT2D eigenvalue weighted by Gasteiger charge is -2.17. The van der Waals surface area contributed by atoms with Gasteiger partial charge < -0.3 is 5.32 Å². The first-order valence-electron chi connectivity index (χ1n) is 6.94. The Morgan fingerprint density at radius 1 is 1.33 bits per heavy atom. The van der Waals surface area contributed by atoms with Crippen LogP contribution in [0.2, 0.25) is 5.02 Å². The summed E-state index contributed by atoms with van der Waals surface area (Å²) in [5, 5.41) is 8.73. The Morgan fingerprint density at radius 3 is 2.50 bits per heavy atom. The number of rotatable bonds is 7. The molecule has 1 N–H and O–H groups in total. The fourth-order valence-corrected chi connectivity index (χ4v) is 2.69. The molecule has 18 heavy (non-hydrogen) atoms. The summed E-state index contributed by atoms with van der Waals surface area (Å²) in [6.07, 6.45) is 3.06. The van der Waals surface area contributed by atoms with Gasteiger partial charge in [0.15, 0.2) is 0 Å². The third-order valence-electron chi connectivity index (χ3n) is 3.48. The average molecular weight is 272 g/mol. The second kappa shape index (κ2) is 7.15. The van der Waals surface area contributed by atoms with Crippen LogP contribution in [0.5, 0.6) is 0 Å². The predicted molar refractivity (Wildman–Crippen MR) is 78.3 cm³/mol. The number of nitrogens with zero attached hydrogens (tertiary/aromatic N) is 2. The average Bonchev–Trinajstić information content (AvgIpc) is 2.66. The minimum atomic E-state index is 0.544. The van der Waals surface area contributed by atoms with Crippen molar-refractivity contribution in [3.8, 4) is 0 Å². The van der Waals surface area contributed by atoms with E-state index in [4.69, 9.17) is 11.6 Å². The van der Waals surface area contributed by atoms with E-state index in [9.17, 15) is 0 Å². The quantitative estimate of drug-likeness (QED) is 0.825. The zero-order valence-electron chi connectivity index (χ0n) is 12.3. The highest BCUT2D eigenvalue weighted by Crippen LogP contribution is 2.25. The maximum Gasteiger partial charge on any atom is 0.0849 e. The van der Waals surface area contributed by atoms with E-state index in [2.05, 4.69) is 42.8 Å².